The molecular weight excluding hydrogens is 589 g/mol. The first-order valence-corrected chi connectivity index (χ1v) is 17.7. The smallest absolute Gasteiger partial charge is 0.00993 e. The Hall–Kier alpha value is -5.72. The average molecular weight is 625 g/mol. The molecular formula is C49H36. The molecule has 0 N–H and O–H groups in total. The van der Waals surface area contributed by atoms with Gasteiger partial charge in [-0.1, -0.05) is 146 Å². The van der Waals surface area contributed by atoms with Gasteiger partial charge in [-0.3, -0.25) is 0 Å². The van der Waals surface area contributed by atoms with Crippen LogP contribution in [0.25, 0.3) is 77.0 Å². The van der Waals surface area contributed by atoms with Crippen LogP contribution in [-0.4, -0.2) is 0 Å². The minimum atomic E-state index is 0.284. The van der Waals surface area contributed by atoms with Gasteiger partial charge in [0.1, 0.15) is 0 Å². The van der Waals surface area contributed by atoms with E-state index in [1.54, 1.807) is 0 Å². The summed E-state index contributed by atoms with van der Waals surface area (Å²) in [7, 11) is 0. The summed E-state index contributed by atoms with van der Waals surface area (Å²) < 4.78 is 0. The zero-order valence-electron chi connectivity index (χ0n) is 27.7. The van der Waals surface area contributed by atoms with Gasteiger partial charge in [-0.05, 0) is 136 Å². The van der Waals surface area contributed by atoms with Crippen LogP contribution in [-0.2, 0) is 0 Å². The van der Waals surface area contributed by atoms with Crippen LogP contribution in [0.3, 0.4) is 0 Å². The Labute approximate surface area is 287 Å². The van der Waals surface area contributed by atoms with E-state index in [9.17, 15) is 0 Å². The fourth-order valence-electron chi connectivity index (χ4n) is 9.04. The molecule has 0 heteroatoms. The average Bonchev–Trinajstić information content (AvgIpc) is 3.17. The highest BCUT2D eigenvalue weighted by molar-refractivity contribution is 6.16. The van der Waals surface area contributed by atoms with Gasteiger partial charge >= 0.3 is 0 Å². The van der Waals surface area contributed by atoms with Gasteiger partial charge in [0, 0.05) is 5.92 Å². The Bertz CT molecular complexity index is 2790. The van der Waals surface area contributed by atoms with E-state index < -0.39 is 0 Å². The van der Waals surface area contributed by atoms with Crippen molar-refractivity contribution >= 4 is 54.7 Å². The molecule has 2 aliphatic carbocycles. The Balaban J connectivity index is 1.32. The van der Waals surface area contributed by atoms with Gasteiger partial charge < -0.3 is 0 Å². The lowest BCUT2D eigenvalue weighted by atomic mass is 9.70. The van der Waals surface area contributed by atoms with E-state index in [4.69, 9.17) is 0 Å². The van der Waals surface area contributed by atoms with E-state index in [0.29, 0.717) is 5.92 Å². The van der Waals surface area contributed by atoms with Crippen LogP contribution in [0.15, 0.2) is 158 Å². The van der Waals surface area contributed by atoms with E-state index >= 15 is 0 Å². The second-order valence-electron chi connectivity index (χ2n) is 13.9. The topological polar surface area (TPSA) is 0 Å². The largest absolute Gasteiger partial charge is 0.0842 e. The van der Waals surface area contributed by atoms with Crippen LogP contribution in [0.4, 0.5) is 0 Å². The summed E-state index contributed by atoms with van der Waals surface area (Å²) in [5, 5.41) is 13.1. The van der Waals surface area contributed by atoms with Crippen LogP contribution in [0.2, 0.25) is 0 Å². The summed E-state index contributed by atoms with van der Waals surface area (Å²) in [5.41, 5.74) is 9.53. The van der Waals surface area contributed by atoms with Crippen molar-refractivity contribution in [1.82, 2.24) is 0 Å². The van der Waals surface area contributed by atoms with Crippen LogP contribution >= 0.6 is 0 Å². The van der Waals surface area contributed by atoms with Crippen molar-refractivity contribution in [2.24, 2.45) is 5.92 Å². The van der Waals surface area contributed by atoms with Crippen LogP contribution < -0.4 is 10.4 Å². The molecule has 0 bridgehead atoms. The lowest BCUT2D eigenvalue weighted by Gasteiger charge is -2.33. The SMILES string of the molecule is Cc1c(-c2cc3ccccc3c3ccccc23)cc(-c2cc3ccccc3c3ccccc23)cc1C1C=c2ccccc2=C2C=CCCC21. The van der Waals surface area contributed by atoms with Gasteiger partial charge in [0.05, 0.1) is 0 Å². The van der Waals surface area contributed by atoms with Crippen molar-refractivity contribution < 1.29 is 0 Å². The molecule has 0 spiro atoms. The highest BCUT2D eigenvalue weighted by Gasteiger charge is 2.30. The number of hydrogen-bond acceptors (Lipinski definition) is 0. The van der Waals surface area contributed by atoms with E-state index in [1.807, 2.05) is 0 Å². The number of benzene rings is 8. The molecule has 0 amide bonds. The van der Waals surface area contributed by atoms with Crippen LogP contribution in [0.1, 0.15) is 29.9 Å². The molecule has 49 heavy (non-hydrogen) atoms. The normalized spacial score (nSPS) is 17.0. The first kappa shape index (κ1) is 28.3. The molecule has 8 aromatic rings. The summed E-state index contributed by atoms with van der Waals surface area (Å²) in [6.07, 6.45) is 9.66. The first-order chi connectivity index (χ1) is 24.2. The lowest BCUT2D eigenvalue weighted by Crippen LogP contribution is -2.36. The first-order valence-electron chi connectivity index (χ1n) is 17.7. The van der Waals surface area contributed by atoms with Crippen molar-refractivity contribution in [2.45, 2.75) is 25.7 Å². The van der Waals surface area contributed by atoms with E-state index in [-0.39, 0.29) is 5.92 Å². The third kappa shape index (κ3) is 4.44. The van der Waals surface area contributed by atoms with E-state index in [0.717, 1.165) is 12.8 Å². The molecule has 0 saturated carbocycles. The second kappa shape index (κ2) is 11.2. The van der Waals surface area contributed by atoms with Gasteiger partial charge in [-0.2, -0.15) is 0 Å². The zero-order chi connectivity index (χ0) is 32.5. The second-order valence-corrected chi connectivity index (χ2v) is 13.9. The van der Waals surface area contributed by atoms with Gasteiger partial charge in [0.25, 0.3) is 0 Å². The van der Waals surface area contributed by atoms with E-state index in [2.05, 4.69) is 171 Å². The standard InChI is InChI=1S/C49H36/c1-31-45(48-27-33-15-3-6-18-37(33)40-21-9-12-24-43(40)48)29-35(47-26-32-14-2-5-17-36(32)39-20-8-11-23-42(39)47)30-46(31)49-28-34-16-4-7-19-38(34)41-22-10-13-25-44(41)49/h2-12,14-24,26-30,44,49H,13,25H2,1H3. The molecule has 0 nitrogen and oxygen atoms in total. The van der Waals surface area contributed by atoms with Crippen LogP contribution in [0, 0.1) is 12.8 Å². The van der Waals surface area contributed by atoms with Crippen molar-refractivity contribution in [2.75, 3.05) is 0 Å². The molecule has 0 saturated heterocycles. The monoisotopic (exact) mass is 624 g/mol. The van der Waals surface area contributed by atoms with Crippen LogP contribution in [0.5, 0.6) is 0 Å². The highest BCUT2D eigenvalue weighted by Crippen LogP contribution is 2.47. The molecule has 2 unspecified atom stereocenters. The predicted molar refractivity (Wildman–Crippen MR) is 210 cm³/mol. The number of allylic oxidation sites excluding steroid dienone is 2. The fourth-order valence-corrected chi connectivity index (χ4v) is 9.04. The summed E-state index contributed by atoms with van der Waals surface area (Å²) in [6.45, 7) is 2.38. The van der Waals surface area contributed by atoms with Gasteiger partial charge in [0.15, 0.2) is 0 Å². The van der Waals surface area contributed by atoms with Crippen molar-refractivity contribution in [3.05, 3.63) is 179 Å². The molecule has 0 fully saturated rings. The predicted octanol–water partition coefficient (Wildman–Crippen LogP) is 11.6. The molecule has 10 rings (SSSR count). The molecule has 0 radical (unpaired) electrons. The minimum absolute atomic E-state index is 0.284. The van der Waals surface area contributed by atoms with Crippen molar-refractivity contribution in [3.8, 4) is 22.3 Å². The minimum Gasteiger partial charge on any atom is -0.0842 e. The third-order valence-electron chi connectivity index (χ3n) is 11.3. The molecule has 0 heterocycles. The summed E-state index contributed by atoms with van der Waals surface area (Å²) in [5.74, 6) is 0.732. The van der Waals surface area contributed by atoms with Crippen molar-refractivity contribution in [1.29, 1.82) is 0 Å². The van der Waals surface area contributed by atoms with Gasteiger partial charge in [-0.25, -0.2) is 0 Å². The molecule has 2 atom stereocenters. The lowest BCUT2D eigenvalue weighted by molar-refractivity contribution is 0.558. The molecule has 0 aromatic heterocycles. The number of fused-ring (bicyclic) bond motifs is 8. The summed E-state index contributed by atoms with van der Waals surface area (Å²) >= 11 is 0. The quantitative estimate of drug-likeness (QED) is 0.172. The maximum Gasteiger partial charge on any atom is 0.00993 e. The zero-order valence-corrected chi connectivity index (χ0v) is 27.7. The fraction of sp³-hybridized carbons (Fsp3) is 0.102. The maximum atomic E-state index is 2.58. The maximum absolute atomic E-state index is 2.58. The third-order valence-corrected chi connectivity index (χ3v) is 11.3. The molecule has 2 aliphatic rings. The highest BCUT2D eigenvalue weighted by atomic mass is 14.3. The van der Waals surface area contributed by atoms with Gasteiger partial charge in [0.2, 0.25) is 0 Å². The molecule has 8 aromatic carbocycles. The number of rotatable bonds is 3. The Morgan fingerprint density at radius 2 is 1.08 bits per heavy atom. The van der Waals surface area contributed by atoms with Gasteiger partial charge in [-0.15, -0.1) is 0 Å². The van der Waals surface area contributed by atoms with Crippen molar-refractivity contribution in [3.63, 3.8) is 0 Å². The Morgan fingerprint density at radius 3 is 1.80 bits per heavy atom. The molecule has 232 valence electrons. The Morgan fingerprint density at radius 1 is 0.510 bits per heavy atom. The number of hydrogen-bond donors (Lipinski definition) is 0. The summed E-state index contributed by atoms with van der Waals surface area (Å²) in [4.78, 5) is 0. The summed E-state index contributed by atoms with van der Waals surface area (Å²) in [6, 6.07) is 54.5. The molecule has 0 aliphatic heterocycles. The Kier molecular flexibility index (Phi) is 6.46. The van der Waals surface area contributed by atoms with E-state index in [1.165, 1.54) is 92.5 Å².